The van der Waals surface area contributed by atoms with Gasteiger partial charge in [0.1, 0.15) is 24.9 Å². The molecule has 0 aliphatic rings. The maximum Gasteiger partial charge on any atom is 0.350 e. The third-order valence-electron chi connectivity index (χ3n) is 5.34. The van der Waals surface area contributed by atoms with E-state index in [2.05, 4.69) is 20.1 Å². The lowest BCUT2D eigenvalue weighted by Crippen LogP contribution is -2.18. The number of nitrogens with zero attached hydrogens (tertiary/aromatic N) is 4. The third kappa shape index (κ3) is 7.71. The largest absolute Gasteiger partial charge is 0.493 e. The number of nitrogens with two attached hydrogens (primary N) is 1. The number of hydrogen-bond acceptors (Lipinski definition) is 8. The van der Waals surface area contributed by atoms with Crippen molar-refractivity contribution in [2.24, 2.45) is 5.73 Å². The van der Waals surface area contributed by atoms with Crippen molar-refractivity contribution in [1.29, 1.82) is 5.41 Å². The Bertz CT molecular complexity index is 1450. The number of halogens is 1. The molecule has 0 amide bonds. The van der Waals surface area contributed by atoms with Crippen LogP contribution in [0, 0.1) is 5.41 Å². The monoisotopic (exact) mass is 537 g/mol. The number of aliphatic carboxylic acids is 1. The van der Waals surface area contributed by atoms with E-state index in [1.807, 2.05) is 18.2 Å². The first kappa shape index (κ1) is 28.5. The van der Waals surface area contributed by atoms with E-state index in [1.165, 1.54) is 19.5 Å². The second-order valence-corrected chi connectivity index (χ2v) is 8.11. The molecule has 2 aromatic heterocycles. The van der Waals surface area contributed by atoms with E-state index in [0.717, 1.165) is 22.7 Å². The van der Waals surface area contributed by atoms with E-state index >= 15 is 0 Å². The summed E-state index contributed by atoms with van der Waals surface area (Å²) in [5, 5.41) is 19.5. The van der Waals surface area contributed by atoms with Crippen LogP contribution >= 0.6 is 0 Å². The predicted octanol–water partition coefficient (Wildman–Crippen LogP) is 2.46. The molecule has 1 unspecified atom stereocenters. The molecule has 0 radical (unpaired) electrons. The van der Waals surface area contributed by atoms with Gasteiger partial charge in [-0.1, -0.05) is 30.3 Å². The summed E-state index contributed by atoms with van der Waals surface area (Å²) in [6, 6.07) is 14.2. The smallest absolute Gasteiger partial charge is 0.350 e. The number of nitrogens with one attached hydrogen (secondary N) is 2. The number of methoxy groups -OCH3 is 1. The molecule has 0 aliphatic heterocycles. The van der Waals surface area contributed by atoms with Crippen molar-refractivity contribution in [1.82, 2.24) is 24.7 Å². The normalized spacial score (nSPS) is 11.2. The lowest BCUT2D eigenvalue weighted by atomic mass is 9.90. The van der Waals surface area contributed by atoms with Gasteiger partial charge >= 0.3 is 5.69 Å². The van der Waals surface area contributed by atoms with Crippen LogP contribution in [0.25, 0.3) is 5.95 Å². The summed E-state index contributed by atoms with van der Waals surface area (Å²) >= 11 is 0. The number of benzene rings is 2. The van der Waals surface area contributed by atoms with Crippen LogP contribution in [0.4, 0.5) is 4.39 Å². The summed E-state index contributed by atoms with van der Waals surface area (Å²) in [5.41, 5.74) is 7.39. The second-order valence-electron chi connectivity index (χ2n) is 8.11. The zero-order valence-electron chi connectivity index (χ0n) is 21.3. The molecule has 2 heterocycles. The van der Waals surface area contributed by atoms with Gasteiger partial charge in [-0.2, -0.15) is 0 Å². The van der Waals surface area contributed by atoms with Gasteiger partial charge in [-0.05, 0) is 35.7 Å². The number of rotatable bonds is 10. The number of carbonyl (C=O) groups is 1. The number of aromatic nitrogens is 5. The summed E-state index contributed by atoms with van der Waals surface area (Å²) in [7, 11) is 1.50. The molecular formula is C26H28FN7O5. The Morgan fingerprint density at radius 2 is 1.85 bits per heavy atom. The topological polar surface area (TPSA) is 182 Å². The molecule has 4 aromatic rings. The predicted molar refractivity (Wildman–Crippen MR) is 141 cm³/mol. The van der Waals surface area contributed by atoms with Crippen molar-refractivity contribution >= 4 is 11.8 Å². The number of nitrogen functional groups attached to an aromatic ring is 1. The van der Waals surface area contributed by atoms with Gasteiger partial charge in [0, 0.05) is 30.8 Å². The quantitative estimate of drug-likeness (QED) is 0.174. The summed E-state index contributed by atoms with van der Waals surface area (Å²) in [5.74, 6) is 0.112. The molecule has 2 aromatic carbocycles. The van der Waals surface area contributed by atoms with Gasteiger partial charge in [0.25, 0.3) is 11.9 Å². The molecule has 0 saturated carbocycles. The van der Waals surface area contributed by atoms with Gasteiger partial charge in [-0.3, -0.25) is 15.2 Å². The molecule has 0 fully saturated rings. The molecule has 39 heavy (non-hydrogen) atoms. The molecule has 0 saturated heterocycles. The van der Waals surface area contributed by atoms with Crippen LogP contribution in [-0.2, 0) is 11.2 Å². The summed E-state index contributed by atoms with van der Waals surface area (Å²) in [4.78, 5) is 32.7. The van der Waals surface area contributed by atoms with Crippen molar-refractivity contribution in [2.45, 2.75) is 19.3 Å². The van der Waals surface area contributed by atoms with Gasteiger partial charge in [0.2, 0.25) is 0 Å². The fourth-order valence-electron chi connectivity index (χ4n) is 3.63. The minimum absolute atomic E-state index is 0.0242. The number of hydrogen-bond donors (Lipinski definition) is 4. The first-order chi connectivity index (χ1) is 18.7. The fraction of sp³-hybridized carbons (Fsp3) is 0.231. The number of ether oxygens (including phenoxy) is 2. The summed E-state index contributed by atoms with van der Waals surface area (Å²) < 4.78 is 24.8. The molecule has 0 spiro atoms. The number of aromatic amines is 1. The van der Waals surface area contributed by atoms with Crippen molar-refractivity contribution in [3.8, 4) is 17.4 Å². The Hall–Kier alpha value is -5.07. The zero-order chi connectivity index (χ0) is 28.4. The van der Waals surface area contributed by atoms with Gasteiger partial charge in [-0.25, -0.2) is 19.2 Å². The highest BCUT2D eigenvalue weighted by Crippen LogP contribution is 2.34. The molecule has 13 heteroatoms. The maximum atomic E-state index is 12.8. The molecule has 204 valence electrons. The second kappa shape index (κ2) is 13.5. The Morgan fingerprint density at radius 1 is 1.18 bits per heavy atom. The molecule has 1 atom stereocenters. The Balaban J connectivity index is 0.000000983. The lowest BCUT2D eigenvalue weighted by molar-refractivity contribution is -0.134. The van der Waals surface area contributed by atoms with Crippen LogP contribution in [-0.4, -0.2) is 62.0 Å². The van der Waals surface area contributed by atoms with E-state index in [0.29, 0.717) is 29.3 Å². The minimum atomic E-state index is -0.833. The highest BCUT2D eigenvalue weighted by Gasteiger charge is 2.23. The van der Waals surface area contributed by atoms with E-state index in [4.69, 9.17) is 30.5 Å². The Morgan fingerprint density at radius 3 is 2.44 bits per heavy atom. The van der Waals surface area contributed by atoms with Gasteiger partial charge in [0.15, 0.2) is 11.5 Å². The number of H-pyrrole nitrogens is 1. The number of alkyl halides is 1. The fourth-order valence-corrected chi connectivity index (χ4v) is 3.63. The standard InChI is InChI=1S/C24H24FN7O3.C2H4O2/c1-34-19-8-7-17(14-20(19)35-12-9-25)18(13-15-3-5-16(6-4-15)21(26)27)22-30-24(33)32(31-22)23-28-10-2-11-29-23;1-2(3)4/h2-8,10-11,14,18H,9,12-13H2,1H3,(H3,26,27)(H,30,31,33);1H3,(H,3,4). The summed E-state index contributed by atoms with van der Waals surface area (Å²) in [6.45, 7) is 0.321. The first-order valence-electron chi connectivity index (χ1n) is 11.7. The van der Waals surface area contributed by atoms with Crippen molar-refractivity contribution in [3.05, 3.63) is 93.9 Å². The van der Waals surface area contributed by atoms with Crippen LogP contribution < -0.4 is 20.9 Å². The zero-order valence-corrected chi connectivity index (χ0v) is 21.3. The lowest BCUT2D eigenvalue weighted by Gasteiger charge is -2.18. The van der Waals surface area contributed by atoms with Crippen LogP contribution in [0.5, 0.6) is 11.5 Å². The number of carboxylic acids is 1. The minimum Gasteiger partial charge on any atom is -0.493 e. The first-order valence-corrected chi connectivity index (χ1v) is 11.7. The molecule has 4 rings (SSSR count). The maximum absolute atomic E-state index is 12.8. The van der Waals surface area contributed by atoms with Crippen molar-refractivity contribution in [3.63, 3.8) is 0 Å². The molecule has 5 N–H and O–H groups in total. The highest BCUT2D eigenvalue weighted by molar-refractivity contribution is 5.94. The van der Waals surface area contributed by atoms with Crippen molar-refractivity contribution < 1.29 is 23.8 Å². The highest BCUT2D eigenvalue weighted by atomic mass is 19.1. The molecule has 12 nitrogen and oxygen atoms in total. The van der Waals surface area contributed by atoms with Crippen LogP contribution in [0.1, 0.15) is 35.4 Å². The van der Waals surface area contributed by atoms with E-state index in [9.17, 15) is 9.18 Å². The summed E-state index contributed by atoms with van der Waals surface area (Å²) in [6.07, 6.45) is 3.50. The van der Waals surface area contributed by atoms with Gasteiger partial charge in [0.05, 0.1) is 7.11 Å². The average Bonchev–Trinajstić information content (AvgIpc) is 3.32. The third-order valence-corrected chi connectivity index (χ3v) is 5.34. The van der Waals surface area contributed by atoms with Crippen molar-refractivity contribution in [2.75, 3.05) is 20.4 Å². The molecular weight excluding hydrogens is 509 g/mol. The van der Waals surface area contributed by atoms with Gasteiger partial charge in [-0.15, -0.1) is 9.78 Å². The average molecular weight is 538 g/mol. The SMILES string of the molecule is CC(=O)O.COc1ccc(C(Cc2ccc(C(=N)N)cc2)c2nn(-c3ncccn3)c(=O)[nH]2)cc1OCCF. The van der Waals surface area contributed by atoms with Crippen LogP contribution in [0.3, 0.4) is 0 Å². The van der Waals surface area contributed by atoms with Gasteiger partial charge < -0.3 is 20.3 Å². The van der Waals surface area contributed by atoms with E-state index < -0.39 is 24.3 Å². The Kier molecular flexibility index (Phi) is 9.84. The van der Waals surface area contributed by atoms with E-state index in [-0.39, 0.29) is 18.4 Å². The molecule has 0 bridgehead atoms. The number of amidine groups is 1. The van der Waals surface area contributed by atoms with Crippen LogP contribution in [0.15, 0.2) is 65.7 Å². The Labute approximate surface area is 222 Å². The number of carboxylic acid groups (broad SMARTS) is 1. The van der Waals surface area contributed by atoms with Crippen LogP contribution in [0.2, 0.25) is 0 Å². The molecule has 0 aliphatic carbocycles. The van der Waals surface area contributed by atoms with E-state index in [1.54, 1.807) is 30.3 Å².